The fraction of sp³-hybridized carbons (Fsp3) is 0.333. The van der Waals surface area contributed by atoms with Crippen LogP contribution in [0, 0.1) is 0 Å². The molecule has 0 aliphatic heterocycles. The molecule has 1 atom stereocenters. The molecule has 22 heavy (non-hydrogen) atoms. The van der Waals surface area contributed by atoms with E-state index in [9.17, 15) is 4.79 Å². The van der Waals surface area contributed by atoms with Crippen molar-refractivity contribution in [1.29, 1.82) is 0 Å². The lowest BCUT2D eigenvalue weighted by atomic mass is 10.0. The van der Waals surface area contributed by atoms with Crippen molar-refractivity contribution in [3.05, 3.63) is 64.9 Å². The lowest BCUT2D eigenvalue weighted by molar-refractivity contribution is 0.0684. The van der Waals surface area contributed by atoms with E-state index in [0.717, 1.165) is 12.8 Å². The zero-order chi connectivity index (χ0) is 15.9. The van der Waals surface area contributed by atoms with Gasteiger partial charge in [-0.2, -0.15) is 0 Å². The van der Waals surface area contributed by atoms with Gasteiger partial charge in [0.1, 0.15) is 5.15 Å². The van der Waals surface area contributed by atoms with Crippen LogP contribution in [0.2, 0.25) is 5.15 Å². The third-order valence-corrected chi connectivity index (χ3v) is 4.01. The van der Waals surface area contributed by atoms with Gasteiger partial charge in [0, 0.05) is 24.3 Å². The van der Waals surface area contributed by atoms with Crippen LogP contribution in [-0.2, 0) is 6.42 Å². The molecule has 3 nitrogen and oxygen atoms in total. The summed E-state index contributed by atoms with van der Waals surface area (Å²) in [6.07, 6.45) is 3.34. The van der Waals surface area contributed by atoms with Gasteiger partial charge in [-0.15, -0.1) is 0 Å². The molecular formula is C18H21ClN2O. The summed E-state index contributed by atoms with van der Waals surface area (Å²) in [7, 11) is 0. The molecule has 0 fully saturated rings. The van der Waals surface area contributed by atoms with Gasteiger partial charge < -0.3 is 4.90 Å². The van der Waals surface area contributed by atoms with E-state index in [1.54, 1.807) is 18.3 Å². The summed E-state index contributed by atoms with van der Waals surface area (Å²) in [5, 5.41) is 0.345. The van der Waals surface area contributed by atoms with Crippen LogP contribution in [0.25, 0.3) is 0 Å². The summed E-state index contributed by atoms with van der Waals surface area (Å²) in [5.74, 6) is 0.00887. The van der Waals surface area contributed by atoms with E-state index in [2.05, 4.69) is 24.0 Å². The molecule has 1 aromatic carbocycles. The van der Waals surface area contributed by atoms with Gasteiger partial charge in [0.05, 0.1) is 0 Å². The molecule has 1 unspecified atom stereocenters. The van der Waals surface area contributed by atoms with Crippen LogP contribution in [0.4, 0.5) is 0 Å². The van der Waals surface area contributed by atoms with Crippen molar-refractivity contribution in [1.82, 2.24) is 9.88 Å². The zero-order valence-electron chi connectivity index (χ0n) is 13.0. The van der Waals surface area contributed by atoms with Crippen LogP contribution in [0.5, 0.6) is 0 Å². The van der Waals surface area contributed by atoms with Crippen molar-refractivity contribution in [2.75, 3.05) is 6.54 Å². The monoisotopic (exact) mass is 316 g/mol. The maximum absolute atomic E-state index is 12.8. The Morgan fingerprint density at radius 3 is 2.55 bits per heavy atom. The molecule has 0 aliphatic carbocycles. The molecule has 4 heteroatoms. The van der Waals surface area contributed by atoms with E-state index in [4.69, 9.17) is 11.6 Å². The number of aromatic nitrogens is 1. The Kier molecular flexibility index (Phi) is 5.96. The minimum Gasteiger partial charge on any atom is -0.336 e. The number of hydrogen-bond acceptors (Lipinski definition) is 2. The zero-order valence-corrected chi connectivity index (χ0v) is 13.8. The first-order valence-electron chi connectivity index (χ1n) is 7.62. The molecule has 0 radical (unpaired) electrons. The summed E-state index contributed by atoms with van der Waals surface area (Å²) < 4.78 is 0. The fourth-order valence-electron chi connectivity index (χ4n) is 2.63. The standard InChI is InChI=1S/C18H21ClN2O/c1-3-16(12-14-8-6-5-7-9-14)21(4-2)18(22)15-10-11-20-17(19)13-15/h5-11,13,16H,3-4,12H2,1-2H3. The second kappa shape index (κ2) is 7.95. The van der Waals surface area contributed by atoms with Crippen molar-refractivity contribution in [2.45, 2.75) is 32.7 Å². The molecule has 1 heterocycles. The second-order valence-electron chi connectivity index (χ2n) is 5.21. The van der Waals surface area contributed by atoms with Crippen molar-refractivity contribution in [3.63, 3.8) is 0 Å². The van der Waals surface area contributed by atoms with Gasteiger partial charge in [0.2, 0.25) is 0 Å². The van der Waals surface area contributed by atoms with Crippen molar-refractivity contribution in [2.24, 2.45) is 0 Å². The summed E-state index contributed by atoms with van der Waals surface area (Å²) in [4.78, 5) is 18.6. The van der Waals surface area contributed by atoms with Crippen molar-refractivity contribution in [3.8, 4) is 0 Å². The predicted octanol–water partition coefficient (Wildman–Crippen LogP) is 4.22. The van der Waals surface area contributed by atoms with Crippen LogP contribution < -0.4 is 0 Å². The molecule has 0 N–H and O–H groups in total. The first-order chi connectivity index (χ1) is 10.7. The number of nitrogens with zero attached hydrogens (tertiary/aromatic N) is 2. The average molecular weight is 317 g/mol. The maximum atomic E-state index is 12.8. The molecule has 0 bridgehead atoms. The third-order valence-electron chi connectivity index (χ3n) is 3.80. The molecule has 1 aromatic heterocycles. The highest BCUT2D eigenvalue weighted by atomic mass is 35.5. The van der Waals surface area contributed by atoms with Crippen LogP contribution in [-0.4, -0.2) is 28.4 Å². The normalized spacial score (nSPS) is 12.0. The number of rotatable bonds is 6. The van der Waals surface area contributed by atoms with E-state index in [0.29, 0.717) is 17.3 Å². The lowest BCUT2D eigenvalue weighted by Crippen LogP contribution is -2.41. The van der Waals surface area contributed by atoms with E-state index < -0.39 is 0 Å². The van der Waals surface area contributed by atoms with Gasteiger partial charge in [0.25, 0.3) is 5.91 Å². The summed E-state index contributed by atoms with van der Waals surface area (Å²) >= 11 is 5.90. The summed E-state index contributed by atoms with van der Waals surface area (Å²) in [5.41, 5.74) is 1.83. The molecule has 1 amide bonds. The summed E-state index contributed by atoms with van der Waals surface area (Å²) in [6.45, 7) is 4.79. The highest BCUT2D eigenvalue weighted by Crippen LogP contribution is 2.17. The quantitative estimate of drug-likeness (QED) is 0.748. The largest absolute Gasteiger partial charge is 0.336 e. The number of carbonyl (C=O) groups is 1. The molecule has 2 aromatic rings. The number of amides is 1. The Labute approximate surface area is 136 Å². The Hall–Kier alpha value is -1.87. The van der Waals surface area contributed by atoms with Crippen LogP contribution in [0.1, 0.15) is 36.2 Å². The van der Waals surface area contributed by atoms with Crippen molar-refractivity contribution < 1.29 is 4.79 Å². The third kappa shape index (κ3) is 4.08. The first kappa shape index (κ1) is 16.5. The first-order valence-corrected chi connectivity index (χ1v) is 8.00. The second-order valence-corrected chi connectivity index (χ2v) is 5.60. The van der Waals surface area contributed by atoms with E-state index in [1.807, 2.05) is 30.0 Å². The van der Waals surface area contributed by atoms with E-state index in [1.165, 1.54) is 5.56 Å². The molecule has 0 spiro atoms. The molecule has 116 valence electrons. The van der Waals surface area contributed by atoms with Gasteiger partial charge >= 0.3 is 0 Å². The average Bonchev–Trinajstić information content (AvgIpc) is 2.55. The fourth-order valence-corrected chi connectivity index (χ4v) is 2.80. The number of benzene rings is 1. The Bertz CT molecular complexity index is 615. The summed E-state index contributed by atoms with van der Waals surface area (Å²) in [6, 6.07) is 13.8. The van der Waals surface area contributed by atoms with Gasteiger partial charge in [-0.25, -0.2) is 4.98 Å². The predicted molar refractivity (Wildman–Crippen MR) is 90.2 cm³/mol. The van der Waals surface area contributed by atoms with Gasteiger partial charge in [-0.3, -0.25) is 4.79 Å². The minimum atomic E-state index is 0.00887. The number of carbonyl (C=O) groups excluding carboxylic acids is 1. The maximum Gasteiger partial charge on any atom is 0.254 e. The van der Waals surface area contributed by atoms with Gasteiger partial charge in [-0.05, 0) is 37.5 Å². The molecule has 0 saturated carbocycles. The topological polar surface area (TPSA) is 33.2 Å². The highest BCUT2D eigenvalue weighted by Gasteiger charge is 2.22. The minimum absolute atomic E-state index is 0.00887. The van der Waals surface area contributed by atoms with E-state index >= 15 is 0 Å². The number of halogens is 1. The molecule has 0 aliphatic rings. The number of likely N-dealkylation sites (N-methyl/N-ethyl adjacent to an activating group) is 1. The Morgan fingerprint density at radius 2 is 1.95 bits per heavy atom. The molecule has 2 rings (SSSR count). The highest BCUT2D eigenvalue weighted by molar-refractivity contribution is 6.29. The SMILES string of the molecule is CCC(Cc1ccccc1)N(CC)C(=O)c1ccnc(Cl)c1. The number of hydrogen-bond donors (Lipinski definition) is 0. The van der Waals surface area contributed by atoms with Gasteiger partial charge in [0.15, 0.2) is 0 Å². The van der Waals surface area contributed by atoms with Crippen molar-refractivity contribution >= 4 is 17.5 Å². The molecular weight excluding hydrogens is 296 g/mol. The van der Waals surface area contributed by atoms with E-state index in [-0.39, 0.29) is 11.9 Å². The van der Waals surface area contributed by atoms with Crippen LogP contribution in [0.15, 0.2) is 48.7 Å². The number of pyridine rings is 1. The smallest absolute Gasteiger partial charge is 0.254 e. The Balaban J connectivity index is 2.19. The van der Waals surface area contributed by atoms with Crippen LogP contribution in [0.3, 0.4) is 0 Å². The van der Waals surface area contributed by atoms with Gasteiger partial charge in [-0.1, -0.05) is 48.9 Å². The Morgan fingerprint density at radius 1 is 1.23 bits per heavy atom. The molecule has 0 saturated heterocycles. The van der Waals surface area contributed by atoms with Crippen LogP contribution >= 0.6 is 11.6 Å². The lowest BCUT2D eigenvalue weighted by Gasteiger charge is -2.30.